The number of aromatic nitrogens is 2. The summed E-state index contributed by atoms with van der Waals surface area (Å²) in [6, 6.07) is 1.34. The molecule has 0 saturated heterocycles. The molecule has 1 aromatic heterocycles. The van der Waals surface area contributed by atoms with Gasteiger partial charge in [-0.2, -0.15) is 13.2 Å². The van der Waals surface area contributed by atoms with Crippen LogP contribution in [0.4, 0.5) is 24.8 Å². The van der Waals surface area contributed by atoms with Crippen LogP contribution in [0.1, 0.15) is 19.7 Å². The fraction of sp³-hybridized carbons (Fsp3) is 0.667. The molecule has 0 aromatic carbocycles. The molecule has 0 aliphatic rings. The molecule has 1 rings (SSSR count). The molecule has 0 unspecified atom stereocenters. The topological polar surface area (TPSA) is 64.3 Å². The maximum atomic E-state index is 12.7. The number of hydrogen-bond donors (Lipinski definition) is 1. The van der Waals surface area contributed by atoms with Crippen LogP contribution in [0.2, 0.25) is 0 Å². The molecule has 2 N–H and O–H groups in total. The van der Waals surface area contributed by atoms with Crippen molar-refractivity contribution in [2.45, 2.75) is 20.0 Å². The van der Waals surface area contributed by atoms with Gasteiger partial charge in [-0.25, -0.2) is 9.97 Å². The van der Waals surface area contributed by atoms with Crippen LogP contribution >= 0.6 is 0 Å². The Balaban J connectivity index is 3.08. The van der Waals surface area contributed by atoms with Crippen LogP contribution in [0.15, 0.2) is 6.07 Å². The number of nitrogens with zero attached hydrogens (tertiary/aromatic N) is 3. The Kier molecular flexibility index (Phi) is 5.55. The molecule has 0 bridgehead atoms. The predicted octanol–water partition coefficient (Wildman–Crippen LogP) is 2.19. The first-order valence-corrected chi connectivity index (χ1v) is 6.19. The summed E-state index contributed by atoms with van der Waals surface area (Å²) in [5.41, 5.74) is 5.44. The lowest BCUT2D eigenvalue weighted by atomic mass is 10.2. The van der Waals surface area contributed by atoms with Crippen molar-refractivity contribution >= 4 is 11.6 Å². The van der Waals surface area contributed by atoms with Crippen molar-refractivity contribution in [1.29, 1.82) is 0 Å². The van der Waals surface area contributed by atoms with E-state index in [1.54, 1.807) is 4.90 Å². The Hall–Kier alpha value is -1.57. The van der Waals surface area contributed by atoms with Crippen LogP contribution in [-0.4, -0.2) is 36.8 Å². The van der Waals surface area contributed by atoms with Gasteiger partial charge in [0, 0.05) is 26.3 Å². The van der Waals surface area contributed by atoms with Gasteiger partial charge in [0.15, 0.2) is 0 Å². The summed E-state index contributed by atoms with van der Waals surface area (Å²) in [5.74, 6) is -1.000. The van der Waals surface area contributed by atoms with E-state index in [1.807, 2.05) is 13.8 Å². The molecule has 20 heavy (non-hydrogen) atoms. The average molecular weight is 292 g/mol. The Labute approximate surface area is 116 Å². The molecule has 1 heterocycles. The molecule has 0 saturated carbocycles. The normalized spacial score (nSPS) is 11.9. The van der Waals surface area contributed by atoms with Crippen molar-refractivity contribution in [1.82, 2.24) is 9.97 Å². The molecule has 0 aliphatic carbocycles. The Morgan fingerprint density at radius 1 is 1.35 bits per heavy atom. The molecule has 0 fully saturated rings. The summed E-state index contributed by atoms with van der Waals surface area (Å²) < 4.78 is 43.1. The third-order valence-corrected chi connectivity index (χ3v) is 2.46. The van der Waals surface area contributed by atoms with E-state index in [2.05, 4.69) is 9.97 Å². The van der Waals surface area contributed by atoms with Gasteiger partial charge in [-0.3, -0.25) is 0 Å². The number of methoxy groups -OCH3 is 1. The second-order valence-electron chi connectivity index (χ2n) is 4.81. The Bertz CT molecular complexity index is 437. The maximum absolute atomic E-state index is 12.7. The molecule has 0 spiro atoms. The highest BCUT2D eigenvalue weighted by Gasteiger charge is 2.35. The smallest absolute Gasteiger partial charge is 0.384 e. The fourth-order valence-electron chi connectivity index (χ4n) is 1.68. The van der Waals surface area contributed by atoms with Crippen molar-refractivity contribution in [3.05, 3.63) is 11.9 Å². The van der Waals surface area contributed by atoms with E-state index in [9.17, 15) is 13.2 Å². The molecular formula is C12H19F3N4O. The lowest BCUT2D eigenvalue weighted by Crippen LogP contribution is -2.32. The quantitative estimate of drug-likeness (QED) is 0.870. The third kappa shape index (κ3) is 4.84. The van der Waals surface area contributed by atoms with Crippen LogP contribution in [0.3, 0.4) is 0 Å². The summed E-state index contributed by atoms with van der Waals surface area (Å²) >= 11 is 0. The largest absolute Gasteiger partial charge is 0.451 e. The van der Waals surface area contributed by atoms with Crippen molar-refractivity contribution in [2.75, 3.05) is 37.4 Å². The van der Waals surface area contributed by atoms with Gasteiger partial charge < -0.3 is 15.4 Å². The average Bonchev–Trinajstić information content (AvgIpc) is 2.32. The molecule has 5 nitrogen and oxygen atoms in total. The molecule has 0 aliphatic heterocycles. The Morgan fingerprint density at radius 2 is 2.00 bits per heavy atom. The van der Waals surface area contributed by atoms with Crippen LogP contribution in [0.25, 0.3) is 0 Å². The summed E-state index contributed by atoms with van der Waals surface area (Å²) in [4.78, 5) is 8.51. The molecule has 114 valence electrons. The summed E-state index contributed by atoms with van der Waals surface area (Å²) in [6.07, 6.45) is -4.62. The number of rotatable bonds is 6. The van der Waals surface area contributed by atoms with Gasteiger partial charge in [-0.1, -0.05) is 13.8 Å². The zero-order valence-electron chi connectivity index (χ0n) is 11.7. The van der Waals surface area contributed by atoms with Crippen LogP contribution in [0, 0.1) is 5.92 Å². The predicted molar refractivity (Wildman–Crippen MR) is 70.4 cm³/mol. The van der Waals surface area contributed by atoms with Gasteiger partial charge in [-0.15, -0.1) is 0 Å². The second kappa shape index (κ2) is 6.74. The van der Waals surface area contributed by atoms with E-state index in [0.717, 1.165) is 0 Å². The van der Waals surface area contributed by atoms with Gasteiger partial charge in [0.2, 0.25) is 5.82 Å². The van der Waals surface area contributed by atoms with Gasteiger partial charge in [-0.05, 0) is 5.92 Å². The number of alkyl halides is 3. The maximum Gasteiger partial charge on any atom is 0.451 e. The van der Waals surface area contributed by atoms with Gasteiger partial charge >= 0.3 is 6.18 Å². The third-order valence-electron chi connectivity index (χ3n) is 2.46. The highest BCUT2D eigenvalue weighted by molar-refractivity contribution is 5.47. The lowest BCUT2D eigenvalue weighted by molar-refractivity contribution is -0.144. The van der Waals surface area contributed by atoms with E-state index >= 15 is 0 Å². The van der Waals surface area contributed by atoms with Crippen LogP contribution in [-0.2, 0) is 10.9 Å². The van der Waals surface area contributed by atoms with Crippen molar-refractivity contribution in [3.63, 3.8) is 0 Å². The van der Waals surface area contributed by atoms with Crippen LogP contribution < -0.4 is 10.6 Å². The first-order valence-electron chi connectivity index (χ1n) is 6.19. The highest BCUT2D eigenvalue weighted by Crippen LogP contribution is 2.28. The van der Waals surface area contributed by atoms with E-state index < -0.39 is 12.0 Å². The summed E-state index contributed by atoms with van der Waals surface area (Å²) in [7, 11) is 1.53. The number of hydrogen-bond acceptors (Lipinski definition) is 5. The standard InChI is InChI=1S/C12H19F3N4O/c1-8(2)7-19(4-5-20-3)10-6-9(16)17-11(18-10)12(13,14)15/h6,8H,4-5,7H2,1-3H3,(H2,16,17,18). The number of halogens is 3. The van der Waals surface area contributed by atoms with E-state index in [0.29, 0.717) is 19.7 Å². The Morgan fingerprint density at radius 3 is 2.50 bits per heavy atom. The molecule has 1 aromatic rings. The molecular weight excluding hydrogens is 273 g/mol. The van der Waals surface area contributed by atoms with Gasteiger partial charge in [0.1, 0.15) is 11.6 Å². The van der Waals surface area contributed by atoms with Crippen molar-refractivity contribution in [3.8, 4) is 0 Å². The number of nitrogens with two attached hydrogens (primary N) is 1. The van der Waals surface area contributed by atoms with Gasteiger partial charge in [0.25, 0.3) is 0 Å². The molecule has 0 radical (unpaired) electrons. The second-order valence-corrected chi connectivity index (χ2v) is 4.81. The first kappa shape index (κ1) is 16.5. The minimum atomic E-state index is -4.62. The summed E-state index contributed by atoms with van der Waals surface area (Å²) in [6.45, 7) is 5.31. The van der Waals surface area contributed by atoms with E-state index in [-0.39, 0.29) is 17.6 Å². The monoisotopic (exact) mass is 292 g/mol. The van der Waals surface area contributed by atoms with Crippen molar-refractivity contribution < 1.29 is 17.9 Å². The molecule has 0 amide bonds. The first-order chi connectivity index (χ1) is 9.24. The minimum Gasteiger partial charge on any atom is -0.384 e. The SMILES string of the molecule is COCCN(CC(C)C)c1cc(N)nc(C(F)(F)F)n1. The van der Waals surface area contributed by atoms with E-state index in [4.69, 9.17) is 10.5 Å². The van der Waals surface area contributed by atoms with Crippen LogP contribution in [0.5, 0.6) is 0 Å². The fourth-order valence-corrected chi connectivity index (χ4v) is 1.68. The minimum absolute atomic E-state index is 0.163. The summed E-state index contributed by atoms with van der Waals surface area (Å²) in [5, 5.41) is 0. The van der Waals surface area contributed by atoms with E-state index in [1.165, 1.54) is 13.2 Å². The number of ether oxygens (including phenoxy) is 1. The highest BCUT2D eigenvalue weighted by atomic mass is 19.4. The number of anilines is 2. The molecule has 8 heteroatoms. The lowest BCUT2D eigenvalue weighted by Gasteiger charge is -2.26. The van der Waals surface area contributed by atoms with Crippen molar-refractivity contribution in [2.24, 2.45) is 5.92 Å². The number of nitrogen functional groups attached to an aromatic ring is 1. The zero-order chi connectivity index (χ0) is 15.3. The van der Waals surface area contributed by atoms with Gasteiger partial charge in [0.05, 0.1) is 6.61 Å². The molecule has 0 atom stereocenters. The zero-order valence-corrected chi connectivity index (χ0v) is 11.7.